The van der Waals surface area contributed by atoms with Crippen molar-refractivity contribution >= 4 is 61.4 Å². The molecule has 0 atom stereocenters. The molecule has 0 unspecified atom stereocenters. The van der Waals surface area contributed by atoms with Crippen molar-refractivity contribution in [3.63, 3.8) is 0 Å². The van der Waals surface area contributed by atoms with Gasteiger partial charge in [0.2, 0.25) is 0 Å². The summed E-state index contributed by atoms with van der Waals surface area (Å²) >= 11 is 0. The summed E-state index contributed by atoms with van der Waals surface area (Å²) in [6, 6.07) is 75.5. The number of benzene rings is 9. The third kappa shape index (κ3) is 4.34. The summed E-state index contributed by atoms with van der Waals surface area (Å²) in [5.74, 6) is 0. The Morgan fingerprint density at radius 2 is 0.917 bits per heavy atom. The van der Waals surface area contributed by atoms with Crippen LogP contribution in [0.15, 0.2) is 212 Å². The highest BCUT2D eigenvalue weighted by atomic mass is 31.2. The van der Waals surface area contributed by atoms with Crippen molar-refractivity contribution in [2.75, 3.05) is 0 Å². The third-order valence-corrected chi connectivity index (χ3v) is 16.3. The fourth-order valence-electron chi connectivity index (χ4n) is 10.7. The maximum absolute atomic E-state index is 16.0. The molecule has 0 aliphatic heterocycles. The summed E-state index contributed by atoms with van der Waals surface area (Å²) in [5, 5.41) is 6.04. The van der Waals surface area contributed by atoms with Crippen molar-refractivity contribution in [2.45, 2.75) is 5.41 Å². The van der Waals surface area contributed by atoms with Gasteiger partial charge >= 0.3 is 0 Å². The van der Waals surface area contributed by atoms with E-state index in [0.29, 0.717) is 0 Å². The fourth-order valence-corrected chi connectivity index (χ4v) is 13.4. The van der Waals surface area contributed by atoms with Crippen molar-refractivity contribution in [1.82, 2.24) is 9.38 Å². The van der Waals surface area contributed by atoms with Crippen molar-refractivity contribution < 1.29 is 4.57 Å². The van der Waals surface area contributed by atoms with Crippen LogP contribution < -0.4 is 15.9 Å². The Kier molecular flexibility index (Phi) is 6.92. The van der Waals surface area contributed by atoms with Crippen LogP contribution in [0.3, 0.4) is 0 Å². The van der Waals surface area contributed by atoms with Crippen LogP contribution in [0.5, 0.6) is 0 Å². The molecule has 2 aromatic heterocycles. The van der Waals surface area contributed by atoms with E-state index in [9.17, 15) is 0 Å². The van der Waals surface area contributed by atoms with E-state index >= 15 is 4.57 Å². The molecular formula is C56H35N2OP. The van der Waals surface area contributed by atoms with Crippen LogP contribution in [-0.2, 0) is 9.98 Å². The standard InChI is InChI=1S/C56H35N2OP/c59-60(38-15-3-1-4-16-38,39-17-5-2-6-18-39)40-29-32-45-44-30-27-36(33-50(44)56(51(45)35-40)48-23-11-9-20-42(48)43-21-10-12-24-49(43)56)37-28-31-46-41-19-7-8-22-47(41)55-57-52-25-13-14-26-53(52)58(55)54(46)34-37/h1-35H. The van der Waals surface area contributed by atoms with Crippen LogP contribution in [0.1, 0.15) is 22.3 Å². The highest BCUT2D eigenvalue weighted by Gasteiger charge is 2.52. The van der Waals surface area contributed by atoms with E-state index < -0.39 is 12.6 Å². The van der Waals surface area contributed by atoms with Crippen LogP contribution in [0, 0.1) is 0 Å². The quantitative estimate of drug-likeness (QED) is 0.132. The second-order valence-electron chi connectivity index (χ2n) is 16.1. The molecule has 0 amide bonds. The van der Waals surface area contributed by atoms with E-state index in [0.717, 1.165) is 54.6 Å². The van der Waals surface area contributed by atoms with Crippen LogP contribution in [-0.4, -0.2) is 9.38 Å². The number of para-hydroxylation sites is 2. The van der Waals surface area contributed by atoms with Crippen molar-refractivity contribution in [1.29, 1.82) is 0 Å². The molecule has 3 nitrogen and oxygen atoms in total. The average Bonchev–Trinajstić information content (AvgIpc) is 3.96. The van der Waals surface area contributed by atoms with Crippen LogP contribution >= 0.6 is 7.14 Å². The van der Waals surface area contributed by atoms with Gasteiger partial charge < -0.3 is 4.57 Å². The predicted molar refractivity (Wildman–Crippen MR) is 249 cm³/mol. The fraction of sp³-hybridized carbons (Fsp3) is 0.0179. The minimum absolute atomic E-state index is 0.622. The lowest BCUT2D eigenvalue weighted by Gasteiger charge is -2.31. The number of hydrogen-bond donors (Lipinski definition) is 0. The SMILES string of the molecule is O=P(c1ccccc1)(c1ccccc1)c1ccc2c(c1)C1(c3ccccc3-c3ccccc31)c1cc(-c3ccc4c5ccccc5c5nc6ccccc6n5c4c3)ccc1-2. The first-order valence-corrected chi connectivity index (χ1v) is 22.3. The van der Waals surface area contributed by atoms with E-state index in [4.69, 9.17) is 4.98 Å². The molecule has 0 N–H and O–H groups in total. The minimum atomic E-state index is -3.27. The Labute approximate surface area is 347 Å². The van der Waals surface area contributed by atoms with Crippen molar-refractivity contribution in [3.05, 3.63) is 235 Å². The summed E-state index contributed by atoms with van der Waals surface area (Å²) < 4.78 is 18.3. The van der Waals surface area contributed by atoms with Gasteiger partial charge in [0, 0.05) is 26.7 Å². The lowest BCUT2D eigenvalue weighted by molar-refractivity contribution is 0.592. The molecule has 0 bridgehead atoms. The van der Waals surface area contributed by atoms with E-state index in [2.05, 4.69) is 156 Å². The largest absolute Gasteiger partial charge is 0.309 e. The average molecular weight is 783 g/mol. The van der Waals surface area contributed by atoms with E-state index in [-0.39, 0.29) is 0 Å². The zero-order valence-corrected chi connectivity index (χ0v) is 33.4. The zero-order valence-electron chi connectivity index (χ0n) is 32.5. The number of fused-ring (bicyclic) bond motifs is 18. The number of nitrogens with zero attached hydrogens (tertiary/aromatic N) is 2. The summed E-state index contributed by atoms with van der Waals surface area (Å²) in [4.78, 5) is 5.16. The lowest BCUT2D eigenvalue weighted by atomic mass is 9.70. The molecule has 1 spiro atoms. The van der Waals surface area contributed by atoms with Gasteiger partial charge in [-0.3, -0.25) is 4.40 Å². The van der Waals surface area contributed by atoms with Crippen molar-refractivity contribution in [2.24, 2.45) is 0 Å². The van der Waals surface area contributed by atoms with E-state index in [1.165, 1.54) is 55.3 Å². The van der Waals surface area contributed by atoms with Gasteiger partial charge in [-0.25, -0.2) is 4.98 Å². The summed E-state index contributed by atoms with van der Waals surface area (Å²) in [5.41, 5.74) is 15.6. The number of hydrogen-bond acceptors (Lipinski definition) is 2. The highest BCUT2D eigenvalue weighted by molar-refractivity contribution is 7.85. The normalized spacial score (nSPS) is 13.5. The molecule has 60 heavy (non-hydrogen) atoms. The molecule has 2 aliphatic carbocycles. The topological polar surface area (TPSA) is 34.4 Å². The number of rotatable bonds is 4. The Morgan fingerprint density at radius 3 is 1.63 bits per heavy atom. The van der Waals surface area contributed by atoms with Gasteiger partial charge in [-0.15, -0.1) is 0 Å². The van der Waals surface area contributed by atoms with Crippen LogP contribution in [0.25, 0.3) is 71.7 Å². The molecule has 0 saturated heterocycles. The summed E-state index contributed by atoms with van der Waals surface area (Å²) in [6.07, 6.45) is 0. The smallest absolute Gasteiger partial charge is 0.171 e. The van der Waals surface area contributed by atoms with Gasteiger partial charge in [0.15, 0.2) is 7.14 Å². The maximum atomic E-state index is 16.0. The highest BCUT2D eigenvalue weighted by Crippen LogP contribution is 2.63. The molecular weight excluding hydrogens is 748 g/mol. The number of imidazole rings is 1. The molecule has 0 radical (unpaired) electrons. The summed E-state index contributed by atoms with van der Waals surface area (Å²) in [6.45, 7) is 0. The van der Waals surface area contributed by atoms with E-state index in [1.54, 1.807) is 0 Å². The van der Waals surface area contributed by atoms with Crippen LogP contribution in [0.4, 0.5) is 0 Å². The first-order chi connectivity index (χ1) is 29.6. The molecule has 0 fully saturated rings. The van der Waals surface area contributed by atoms with Gasteiger partial charge in [-0.1, -0.05) is 182 Å². The Morgan fingerprint density at radius 1 is 0.383 bits per heavy atom. The maximum Gasteiger partial charge on any atom is 0.171 e. The van der Waals surface area contributed by atoms with E-state index in [1.807, 2.05) is 60.7 Å². The zero-order chi connectivity index (χ0) is 39.6. The van der Waals surface area contributed by atoms with Gasteiger partial charge in [-0.2, -0.15) is 0 Å². The molecule has 2 heterocycles. The molecule has 4 heteroatoms. The predicted octanol–water partition coefficient (Wildman–Crippen LogP) is 12.4. The van der Waals surface area contributed by atoms with Crippen LogP contribution in [0.2, 0.25) is 0 Å². The van der Waals surface area contributed by atoms with Gasteiger partial charge in [-0.05, 0) is 91.4 Å². The van der Waals surface area contributed by atoms with Gasteiger partial charge in [0.1, 0.15) is 5.65 Å². The second kappa shape index (κ2) is 12.3. The van der Waals surface area contributed by atoms with Crippen molar-refractivity contribution in [3.8, 4) is 33.4 Å². The molecule has 9 aromatic carbocycles. The Hall–Kier alpha value is -7.32. The molecule has 11 aromatic rings. The monoisotopic (exact) mass is 782 g/mol. The third-order valence-electron chi connectivity index (χ3n) is 13.3. The molecule has 2 aliphatic rings. The number of pyridine rings is 1. The molecule has 0 saturated carbocycles. The Bertz CT molecular complexity index is 3550. The number of aromatic nitrogens is 2. The minimum Gasteiger partial charge on any atom is -0.309 e. The Balaban J connectivity index is 1.09. The van der Waals surface area contributed by atoms with Gasteiger partial charge in [0.05, 0.1) is 22.0 Å². The molecule has 13 rings (SSSR count). The first kappa shape index (κ1) is 33.6. The van der Waals surface area contributed by atoms with Gasteiger partial charge in [0.25, 0.3) is 0 Å². The molecule has 280 valence electrons. The summed E-state index contributed by atoms with van der Waals surface area (Å²) in [7, 11) is -3.27. The lowest BCUT2D eigenvalue weighted by Crippen LogP contribution is -2.29. The second-order valence-corrected chi connectivity index (χ2v) is 18.9. The first-order valence-electron chi connectivity index (χ1n) is 20.6.